The standard InChI is InChI=1S/C21H20Cl2N8O2/c22-17-9-4-14(12-18(17)23)13-24-29-20-26-19(25-15-5-7-16(8-6-15)31(32)33)27-21(28-20)30-10-2-1-3-11-30/h4-9,12-13H,1-3,10-11H2,(H2,25,26,27,28,29)/b24-13-. The highest BCUT2D eigenvalue weighted by molar-refractivity contribution is 6.42. The van der Waals surface area contributed by atoms with Crippen LogP contribution in [0.4, 0.5) is 29.2 Å². The quantitative estimate of drug-likeness (QED) is 0.263. The van der Waals surface area contributed by atoms with Gasteiger partial charge in [0.15, 0.2) is 0 Å². The third-order valence-corrected chi connectivity index (χ3v) is 5.66. The zero-order chi connectivity index (χ0) is 23.2. The van der Waals surface area contributed by atoms with Crippen LogP contribution >= 0.6 is 23.2 Å². The third kappa shape index (κ3) is 6.05. The fraction of sp³-hybridized carbons (Fsp3) is 0.238. The summed E-state index contributed by atoms with van der Waals surface area (Å²) in [4.78, 5) is 25.9. The topological polar surface area (TPSA) is 121 Å². The summed E-state index contributed by atoms with van der Waals surface area (Å²) in [5.74, 6) is 1.08. The Labute approximate surface area is 199 Å². The van der Waals surface area contributed by atoms with E-state index in [1.165, 1.54) is 18.6 Å². The van der Waals surface area contributed by atoms with Crippen LogP contribution in [0.3, 0.4) is 0 Å². The van der Waals surface area contributed by atoms with E-state index >= 15 is 0 Å². The van der Waals surface area contributed by atoms with Crippen LogP contribution in [0.15, 0.2) is 47.6 Å². The Bertz CT molecular complexity index is 1170. The van der Waals surface area contributed by atoms with Crippen molar-refractivity contribution in [3.63, 3.8) is 0 Å². The van der Waals surface area contributed by atoms with Crippen molar-refractivity contribution in [1.82, 2.24) is 15.0 Å². The van der Waals surface area contributed by atoms with Gasteiger partial charge in [-0.2, -0.15) is 20.1 Å². The maximum Gasteiger partial charge on any atom is 0.269 e. The molecule has 1 aromatic heterocycles. The number of piperidine rings is 1. The summed E-state index contributed by atoms with van der Waals surface area (Å²) in [6, 6.07) is 11.2. The number of halogens is 2. The Balaban J connectivity index is 1.56. The molecule has 0 saturated carbocycles. The molecule has 0 atom stereocenters. The lowest BCUT2D eigenvalue weighted by atomic mass is 10.1. The monoisotopic (exact) mass is 486 g/mol. The van der Waals surface area contributed by atoms with E-state index in [0.29, 0.717) is 27.6 Å². The first-order valence-electron chi connectivity index (χ1n) is 10.2. The second kappa shape index (κ2) is 10.4. The number of nitro benzene ring substituents is 1. The van der Waals surface area contributed by atoms with Gasteiger partial charge < -0.3 is 10.2 Å². The maximum absolute atomic E-state index is 10.9. The zero-order valence-corrected chi connectivity index (χ0v) is 18.9. The highest BCUT2D eigenvalue weighted by atomic mass is 35.5. The van der Waals surface area contributed by atoms with E-state index in [2.05, 4.69) is 35.7 Å². The summed E-state index contributed by atoms with van der Waals surface area (Å²) in [6.45, 7) is 1.71. The number of rotatable bonds is 7. The number of benzene rings is 2. The van der Waals surface area contributed by atoms with Crippen LogP contribution in [0, 0.1) is 10.1 Å². The minimum absolute atomic E-state index is 0.00389. The molecule has 3 aromatic rings. The molecule has 2 heterocycles. The Morgan fingerprint density at radius 1 is 0.970 bits per heavy atom. The molecule has 33 heavy (non-hydrogen) atoms. The lowest BCUT2D eigenvalue weighted by molar-refractivity contribution is -0.384. The first-order chi connectivity index (χ1) is 16.0. The van der Waals surface area contributed by atoms with Gasteiger partial charge in [-0.15, -0.1) is 0 Å². The van der Waals surface area contributed by atoms with Gasteiger partial charge in [0.2, 0.25) is 17.8 Å². The Kier molecular flexibility index (Phi) is 7.16. The van der Waals surface area contributed by atoms with Gasteiger partial charge in [0.25, 0.3) is 5.69 Å². The van der Waals surface area contributed by atoms with Gasteiger partial charge in [-0.3, -0.25) is 10.1 Å². The summed E-state index contributed by atoms with van der Waals surface area (Å²) in [5, 5.41) is 19.1. The van der Waals surface area contributed by atoms with E-state index in [1.54, 1.807) is 36.5 Å². The van der Waals surface area contributed by atoms with Gasteiger partial charge in [-0.05, 0) is 49.1 Å². The molecule has 2 aromatic carbocycles. The van der Waals surface area contributed by atoms with E-state index in [0.717, 1.165) is 31.5 Å². The van der Waals surface area contributed by atoms with E-state index in [1.807, 2.05) is 0 Å². The molecule has 1 aliphatic heterocycles. The summed E-state index contributed by atoms with van der Waals surface area (Å²) in [5.41, 5.74) is 4.20. The molecular weight excluding hydrogens is 467 g/mol. The van der Waals surface area contributed by atoms with Crippen molar-refractivity contribution in [2.24, 2.45) is 5.10 Å². The number of hydrogen-bond donors (Lipinski definition) is 2. The van der Waals surface area contributed by atoms with Crippen molar-refractivity contribution in [1.29, 1.82) is 0 Å². The summed E-state index contributed by atoms with van der Waals surface area (Å²) < 4.78 is 0. The Morgan fingerprint density at radius 3 is 2.39 bits per heavy atom. The maximum atomic E-state index is 10.9. The van der Waals surface area contributed by atoms with E-state index in [9.17, 15) is 10.1 Å². The van der Waals surface area contributed by atoms with Crippen molar-refractivity contribution in [2.75, 3.05) is 28.7 Å². The zero-order valence-electron chi connectivity index (χ0n) is 17.4. The van der Waals surface area contributed by atoms with Gasteiger partial charge in [-0.1, -0.05) is 29.3 Å². The van der Waals surface area contributed by atoms with Crippen LogP contribution in [-0.2, 0) is 0 Å². The second-order valence-corrected chi connectivity index (χ2v) is 8.12. The van der Waals surface area contributed by atoms with Crippen molar-refractivity contribution in [3.05, 3.63) is 68.2 Å². The summed E-state index contributed by atoms with van der Waals surface area (Å²) in [6.07, 6.45) is 4.88. The lowest BCUT2D eigenvalue weighted by Crippen LogP contribution is -2.31. The number of non-ortho nitro benzene ring substituents is 1. The Morgan fingerprint density at radius 2 is 1.70 bits per heavy atom. The third-order valence-electron chi connectivity index (χ3n) is 4.92. The fourth-order valence-electron chi connectivity index (χ4n) is 3.26. The molecule has 0 bridgehead atoms. The van der Waals surface area contributed by atoms with Gasteiger partial charge in [0, 0.05) is 30.9 Å². The number of hydrazone groups is 1. The van der Waals surface area contributed by atoms with Crippen LogP contribution < -0.4 is 15.6 Å². The lowest BCUT2D eigenvalue weighted by Gasteiger charge is -2.26. The fourth-order valence-corrected chi connectivity index (χ4v) is 3.57. The van der Waals surface area contributed by atoms with Crippen molar-refractivity contribution < 1.29 is 4.92 Å². The number of nitro groups is 1. The molecule has 0 unspecified atom stereocenters. The molecule has 10 nitrogen and oxygen atoms in total. The predicted molar refractivity (Wildman–Crippen MR) is 130 cm³/mol. The number of anilines is 4. The van der Waals surface area contributed by atoms with E-state index in [4.69, 9.17) is 23.2 Å². The van der Waals surface area contributed by atoms with Crippen molar-refractivity contribution >= 4 is 58.6 Å². The highest BCUT2D eigenvalue weighted by Crippen LogP contribution is 2.23. The van der Waals surface area contributed by atoms with Crippen LogP contribution in [0.2, 0.25) is 10.0 Å². The minimum atomic E-state index is -0.449. The average Bonchev–Trinajstić information content (AvgIpc) is 2.82. The largest absolute Gasteiger partial charge is 0.341 e. The molecule has 1 saturated heterocycles. The molecule has 0 aliphatic carbocycles. The van der Waals surface area contributed by atoms with Crippen LogP contribution in [0.1, 0.15) is 24.8 Å². The molecule has 0 amide bonds. The SMILES string of the molecule is O=[N+]([O-])c1ccc(Nc2nc(N/N=C\c3ccc(Cl)c(Cl)c3)nc(N3CCCCC3)n2)cc1. The molecular formula is C21H20Cl2N8O2. The summed E-state index contributed by atoms with van der Waals surface area (Å²) >= 11 is 12.0. The molecule has 2 N–H and O–H groups in total. The van der Waals surface area contributed by atoms with Gasteiger partial charge in [-0.25, -0.2) is 5.43 Å². The predicted octanol–water partition coefficient (Wildman–Crippen LogP) is 5.27. The normalized spacial score (nSPS) is 13.8. The number of nitrogens with one attached hydrogen (secondary N) is 2. The van der Waals surface area contributed by atoms with Gasteiger partial charge in [0.05, 0.1) is 21.2 Å². The van der Waals surface area contributed by atoms with Crippen LogP contribution in [0.25, 0.3) is 0 Å². The molecule has 0 spiro atoms. The number of nitrogens with zero attached hydrogens (tertiary/aromatic N) is 6. The van der Waals surface area contributed by atoms with E-state index in [-0.39, 0.29) is 11.6 Å². The van der Waals surface area contributed by atoms with Gasteiger partial charge >= 0.3 is 0 Å². The first kappa shape index (κ1) is 22.7. The molecule has 170 valence electrons. The molecule has 1 fully saturated rings. The minimum Gasteiger partial charge on any atom is -0.341 e. The second-order valence-electron chi connectivity index (χ2n) is 7.30. The van der Waals surface area contributed by atoms with Crippen molar-refractivity contribution in [2.45, 2.75) is 19.3 Å². The highest BCUT2D eigenvalue weighted by Gasteiger charge is 2.16. The molecule has 0 radical (unpaired) electrons. The molecule has 4 rings (SSSR count). The smallest absolute Gasteiger partial charge is 0.269 e. The molecule has 12 heteroatoms. The molecule has 1 aliphatic rings. The Hall–Kier alpha value is -3.50. The average molecular weight is 487 g/mol. The van der Waals surface area contributed by atoms with E-state index < -0.39 is 4.92 Å². The van der Waals surface area contributed by atoms with Crippen molar-refractivity contribution in [3.8, 4) is 0 Å². The summed E-state index contributed by atoms with van der Waals surface area (Å²) in [7, 11) is 0. The number of aromatic nitrogens is 3. The number of hydrogen-bond acceptors (Lipinski definition) is 9. The van der Waals surface area contributed by atoms with Gasteiger partial charge in [0.1, 0.15) is 0 Å². The first-order valence-corrected chi connectivity index (χ1v) is 11.0. The van der Waals surface area contributed by atoms with Crippen LogP contribution in [0.5, 0.6) is 0 Å². The van der Waals surface area contributed by atoms with Crippen LogP contribution in [-0.4, -0.2) is 39.2 Å².